The minimum Gasteiger partial charge on any atom is -0.484 e. The molecule has 1 aromatic heterocycles. The summed E-state index contributed by atoms with van der Waals surface area (Å²) in [5.41, 5.74) is 2.57. The molecule has 0 fully saturated rings. The summed E-state index contributed by atoms with van der Waals surface area (Å²) in [6.45, 7) is -0.327. The molecule has 178 valence electrons. The molecule has 1 heterocycles. The maximum atomic E-state index is 13.1. The van der Waals surface area contributed by atoms with Gasteiger partial charge in [-0.2, -0.15) is 0 Å². The number of fused-ring (bicyclic) bond motifs is 1. The first kappa shape index (κ1) is 23.7. The van der Waals surface area contributed by atoms with E-state index < -0.39 is 23.7 Å². The van der Waals surface area contributed by atoms with E-state index in [-0.39, 0.29) is 18.8 Å². The van der Waals surface area contributed by atoms with Gasteiger partial charge >= 0.3 is 5.97 Å². The minimum atomic E-state index is -0.883. The van der Waals surface area contributed by atoms with E-state index in [1.807, 2.05) is 24.3 Å². The van der Waals surface area contributed by atoms with Crippen molar-refractivity contribution in [2.24, 2.45) is 0 Å². The molecule has 0 aliphatic carbocycles. The number of carbonyl (C=O) groups is 3. The van der Waals surface area contributed by atoms with E-state index in [9.17, 15) is 18.8 Å². The molecule has 2 N–H and O–H groups in total. The molecule has 4 rings (SSSR count). The lowest BCUT2D eigenvalue weighted by Crippen LogP contribution is -2.44. The third-order valence-electron chi connectivity index (χ3n) is 5.51. The van der Waals surface area contributed by atoms with Gasteiger partial charge in [0.2, 0.25) is 0 Å². The van der Waals surface area contributed by atoms with E-state index in [1.54, 1.807) is 30.5 Å². The second-order valence-corrected chi connectivity index (χ2v) is 7.86. The van der Waals surface area contributed by atoms with Gasteiger partial charge in [-0.3, -0.25) is 9.59 Å². The zero-order valence-electron chi connectivity index (χ0n) is 18.9. The first-order valence-electron chi connectivity index (χ1n) is 10.9. The van der Waals surface area contributed by atoms with Crippen molar-refractivity contribution in [3.8, 4) is 5.75 Å². The molecule has 0 unspecified atom stereocenters. The molecule has 8 heteroatoms. The smallest absolute Gasteiger partial charge is 0.328 e. The second-order valence-electron chi connectivity index (χ2n) is 7.86. The van der Waals surface area contributed by atoms with Crippen LogP contribution in [0.15, 0.2) is 79.0 Å². The predicted molar refractivity (Wildman–Crippen MR) is 128 cm³/mol. The van der Waals surface area contributed by atoms with Gasteiger partial charge in [0.05, 0.1) is 7.11 Å². The zero-order valence-corrected chi connectivity index (χ0v) is 18.9. The Hall–Kier alpha value is -4.46. The molecule has 0 saturated heterocycles. The third kappa shape index (κ3) is 5.73. The summed E-state index contributed by atoms with van der Waals surface area (Å²) in [5, 5.41) is 3.62. The summed E-state index contributed by atoms with van der Waals surface area (Å²) >= 11 is 0. The zero-order chi connectivity index (χ0) is 24.8. The highest BCUT2D eigenvalue weighted by atomic mass is 19.1. The van der Waals surface area contributed by atoms with Gasteiger partial charge in [0.15, 0.2) is 12.4 Å². The molecule has 4 aromatic rings. The van der Waals surface area contributed by atoms with Crippen molar-refractivity contribution in [1.82, 2.24) is 10.3 Å². The molecule has 1 amide bonds. The number of H-pyrrole nitrogens is 1. The Morgan fingerprint density at radius 3 is 2.29 bits per heavy atom. The van der Waals surface area contributed by atoms with Gasteiger partial charge in [0, 0.05) is 34.6 Å². The Balaban J connectivity index is 1.35. The van der Waals surface area contributed by atoms with Crippen LogP contribution in [0.1, 0.15) is 21.5 Å². The number of methoxy groups -OCH3 is 1. The molecule has 0 aliphatic heterocycles. The van der Waals surface area contributed by atoms with Crippen LogP contribution in [0, 0.1) is 5.82 Å². The summed E-state index contributed by atoms with van der Waals surface area (Å²) < 4.78 is 23.4. The number of halogens is 1. The molecular weight excluding hydrogens is 451 g/mol. The van der Waals surface area contributed by atoms with Crippen molar-refractivity contribution in [3.05, 3.63) is 102 Å². The fourth-order valence-corrected chi connectivity index (χ4v) is 3.71. The van der Waals surface area contributed by atoms with Crippen LogP contribution < -0.4 is 10.1 Å². The Kier molecular flexibility index (Phi) is 7.21. The third-order valence-corrected chi connectivity index (χ3v) is 5.51. The van der Waals surface area contributed by atoms with E-state index in [1.165, 1.54) is 31.4 Å². The van der Waals surface area contributed by atoms with E-state index in [0.717, 1.165) is 16.5 Å². The van der Waals surface area contributed by atoms with Gasteiger partial charge in [0.1, 0.15) is 17.6 Å². The van der Waals surface area contributed by atoms with E-state index >= 15 is 0 Å². The van der Waals surface area contributed by atoms with Crippen LogP contribution in [0.4, 0.5) is 4.39 Å². The average Bonchev–Trinajstić information content (AvgIpc) is 3.29. The van der Waals surface area contributed by atoms with Crippen molar-refractivity contribution in [3.63, 3.8) is 0 Å². The number of carbonyl (C=O) groups excluding carboxylic acids is 3. The number of hydrogen-bond acceptors (Lipinski definition) is 5. The molecule has 1 atom stereocenters. The van der Waals surface area contributed by atoms with Crippen molar-refractivity contribution in [2.45, 2.75) is 12.5 Å². The molecular formula is C27H23FN2O5. The van der Waals surface area contributed by atoms with E-state index in [4.69, 9.17) is 9.47 Å². The average molecular weight is 474 g/mol. The number of benzene rings is 3. The molecule has 7 nitrogen and oxygen atoms in total. The lowest BCUT2D eigenvalue weighted by atomic mass is 10.0. The normalized spacial score (nSPS) is 11.6. The SMILES string of the molecule is COC(=O)[C@H](Cc1c[nH]c2ccccc12)NC(=O)COc1ccc(C(=O)c2ccc(F)cc2)cc1. The van der Waals surface area contributed by atoms with E-state index in [2.05, 4.69) is 10.3 Å². The van der Waals surface area contributed by atoms with Gasteiger partial charge in [0.25, 0.3) is 5.91 Å². The van der Waals surface area contributed by atoms with Crippen LogP contribution in [0.2, 0.25) is 0 Å². The quantitative estimate of drug-likeness (QED) is 0.284. The van der Waals surface area contributed by atoms with Crippen LogP contribution in [0.3, 0.4) is 0 Å². The standard InChI is InChI=1S/C27H23FN2O5/c1-34-27(33)24(14-19-15-29-23-5-3-2-4-22(19)23)30-25(31)16-35-21-12-8-18(9-13-21)26(32)17-6-10-20(28)11-7-17/h2-13,15,24,29H,14,16H2,1H3,(H,30,31)/t24-/m0/s1. The summed E-state index contributed by atoms with van der Waals surface area (Å²) in [7, 11) is 1.27. The first-order valence-corrected chi connectivity index (χ1v) is 10.9. The molecule has 0 bridgehead atoms. The van der Waals surface area contributed by atoms with Crippen LogP contribution >= 0.6 is 0 Å². The number of aromatic nitrogens is 1. The number of aromatic amines is 1. The molecule has 0 saturated carbocycles. The highest BCUT2D eigenvalue weighted by Crippen LogP contribution is 2.20. The second kappa shape index (κ2) is 10.6. The highest BCUT2D eigenvalue weighted by Gasteiger charge is 2.23. The number of para-hydroxylation sites is 1. The maximum absolute atomic E-state index is 13.1. The van der Waals surface area contributed by atoms with Crippen molar-refractivity contribution < 1.29 is 28.2 Å². The number of ether oxygens (including phenoxy) is 2. The summed E-state index contributed by atoms with van der Waals surface area (Å²) in [6, 6.07) is 18.3. The fraction of sp³-hybridized carbons (Fsp3) is 0.148. The molecule has 0 aliphatic rings. The van der Waals surface area contributed by atoms with Crippen LogP contribution in [0.25, 0.3) is 10.9 Å². The maximum Gasteiger partial charge on any atom is 0.328 e. The topological polar surface area (TPSA) is 97.5 Å². The Bertz CT molecular complexity index is 1350. The predicted octanol–water partition coefficient (Wildman–Crippen LogP) is 3.82. The van der Waals surface area contributed by atoms with Crippen LogP contribution in [-0.4, -0.2) is 42.4 Å². The van der Waals surface area contributed by atoms with Crippen LogP contribution in [-0.2, 0) is 20.7 Å². The van der Waals surface area contributed by atoms with Crippen LogP contribution in [0.5, 0.6) is 5.75 Å². The van der Waals surface area contributed by atoms with Crippen molar-refractivity contribution in [1.29, 1.82) is 0 Å². The largest absolute Gasteiger partial charge is 0.484 e. The summed E-state index contributed by atoms with van der Waals surface area (Å²) in [6.07, 6.45) is 2.06. The monoisotopic (exact) mass is 474 g/mol. The minimum absolute atomic E-state index is 0.253. The van der Waals surface area contributed by atoms with Gasteiger partial charge in [-0.1, -0.05) is 18.2 Å². The number of esters is 1. The van der Waals surface area contributed by atoms with E-state index in [0.29, 0.717) is 16.9 Å². The van der Waals surface area contributed by atoms with Gasteiger partial charge in [-0.15, -0.1) is 0 Å². The van der Waals surface area contributed by atoms with Gasteiger partial charge in [-0.05, 0) is 60.2 Å². The summed E-state index contributed by atoms with van der Waals surface area (Å²) in [4.78, 5) is 40.4. The number of nitrogens with one attached hydrogen (secondary N) is 2. The highest BCUT2D eigenvalue weighted by molar-refractivity contribution is 6.09. The Morgan fingerprint density at radius 1 is 0.943 bits per heavy atom. The first-order chi connectivity index (χ1) is 16.9. The molecule has 3 aromatic carbocycles. The van der Waals surface area contributed by atoms with Crippen molar-refractivity contribution >= 4 is 28.6 Å². The summed E-state index contributed by atoms with van der Waals surface area (Å²) in [5.74, 6) is -1.35. The number of hydrogen-bond donors (Lipinski definition) is 2. The lowest BCUT2D eigenvalue weighted by Gasteiger charge is -2.16. The van der Waals surface area contributed by atoms with Gasteiger partial charge in [-0.25, -0.2) is 9.18 Å². The fourth-order valence-electron chi connectivity index (χ4n) is 3.71. The lowest BCUT2D eigenvalue weighted by molar-refractivity contribution is -0.145. The Morgan fingerprint density at radius 2 is 1.60 bits per heavy atom. The molecule has 0 radical (unpaired) electrons. The van der Waals surface area contributed by atoms with Crippen molar-refractivity contribution in [2.75, 3.05) is 13.7 Å². The Labute approximate surface area is 200 Å². The number of amides is 1. The molecule has 0 spiro atoms. The molecule has 35 heavy (non-hydrogen) atoms. The number of ketones is 1. The number of rotatable bonds is 9. The van der Waals surface area contributed by atoms with Gasteiger partial charge < -0.3 is 19.8 Å².